The molecule has 5 heterocycles. The number of carbonyl (C=O) groups is 1. The largest absolute Gasteiger partial charge is 0.470 e. The normalized spacial score (nSPS) is 22.4. The van der Waals surface area contributed by atoms with Crippen LogP contribution in [-0.2, 0) is 4.79 Å². The topological polar surface area (TPSA) is 89.6 Å². The van der Waals surface area contributed by atoms with E-state index in [1.807, 2.05) is 38.1 Å². The smallest absolute Gasteiger partial charge is 0.251 e. The highest BCUT2D eigenvalue weighted by Crippen LogP contribution is 2.51. The molecule has 0 unspecified atom stereocenters. The van der Waals surface area contributed by atoms with Gasteiger partial charge in [-0.1, -0.05) is 23.7 Å². The minimum atomic E-state index is -0.525. The summed E-state index contributed by atoms with van der Waals surface area (Å²) in [4.78, 5) is 24.4. The predicted octanol–water partition coefficient (Wildman–Crippen LogP) is 3.71. The fraction of sp³-hybridized carbons (Fsp3) is 0.393. The van der Waals surface area contributed by atoms with E-state index in [0.717, 1.165) is 16.6 Å². The third-order valence-electron chi connectivity index (χ3n) is 8.01. The van der Waals surface area contributed by atoms with E-state index in [9.17, 15) is 4.79 Å². The second-order valence-corrected chi connectivity index (χ2v) is 11.5. The number of ether oxygens (including phenoxy) is 1. The Hall–Kier alpha value is -3.47. The van der Waals surface area contributed by atoms with Crippen LogP contribution in [0.15, 0.2) is 24.4 Å². The number of fused-ring (bicyclic) bond motifs is 5. The fourth-order valence-electron chi connectivity index (χ4n) is 6.32. The Morgan fingerprint density at radius 3 is 2.85 bits per heavy atom. The van der Waals surface area contributed by atoms with E-state index in [1.54, 1.807) is 17.2 Å². The van der Waals surface area contributed by atoms with Crippen molar-refractivity contribution < 1.29 is 13.9 Å². The molecule has 2 N–H and O–H groups in total. The summed E-state index contributed by atoms with van der Waals surface area (Å²) in [5, 5.41) is 12.3. The summed E-state index contributed by atoms with van der Waals surface area (Å²) in [5.41, 5.74) is 4.02. The first-order valence-electron chi connectivity index (χ1n) is 13.1. The van der Waals surface area contributed by atoms with Gasteiger partial charge in [-0.3, -0.25) is 9.89 Å². The number of nitrogens with one attached hydrogen (secondary N) is 2. The zero-order chi connectivity index (χ0) is 27.2. The lowest BCUT2D eigenvalue weighted by molar-refractivity contribution is -0.121. The summed E-state index contributed by atoms with van der Waals surface area (Å²) in [5.74, 6) is -0.249. The number of aromatic nitrogens is 3. The highest BCUT2D eigenvalue weighted by molar-refractivity contribution is 6.35. The van der Waals surface area contributed by atoms with Crippen molar-refractivity contribution in [2.45, 2.75) is 32.0 Å². The van der Waals surface area contributed by atoms with Crippen molar-refractivity contribution in [3.63, 3.8) is 0 Å². The Labute approximate surface area is 229 Å². The summed E-state index contributed by atoms with van der Waals surface area (Å²) in [6.45, 7) is 6.08. The van der Waals surface area contributed by atoms with Crippen molar-refractivity contribution in [3.8, 4) is 17.0 Å². The summed E-state index contributed by atoms with van der Waals surface area (Å²) in [6, 6.07) is 5.40. The lowest BCUT2D eigenvalue weighted by atomic mass is 9.94. The maximum absolute atomic E-state index is 16.8. The maximum atomic E-state index is 16.8. The van der Waals surface area contributed by atoms with Crippen LogP contribution >= 0.6 is 11.6 Å². The summed E-state index contributed by atoms with van der Waals surface area (Å²) >= 11 is 6.91. The van der Waals surface area contributed by atoms with Gasteiger partial charge in [-0.25, -0.2) is 9.37 Å². The summed E-state index contributed by atoms with van der Waals surface area (Å²) < 4.78 is 23.1. The zero-order valence-electron chi connectivity index (χ0n) is 22.2. The van der Waals surface area contributed by atoms with Gasteiger partial charge in [0.2, 0.25) is 5.88 Å². The Bertz CT molecular complexity index is 1670. The van der Waals surface area contributed by atoms with Crippen molar-refractivity contribution in [2.24, 2.45) is 0 Å². The molecule has 7 rings (SSSR count). The van der Waals surface area contributed by atoms with Crippen LogP contribution in [0.2, 0.25) is 5.02 Å². The van der Waals surface area contributed by atoms with Crippen LogP contribution in [0.4, 0.5) is 15.8 Å². The van der Waals surface area contributed by atoms with E-state index in [-0.39, 0.29) is 40.0 Å². The molecule has 1 saturated heterocycles. The summed E-state index contributed by atoms with van der Waals surface area (Å²) in [6.07, 6.45) is 1.41. The molecular weight excluding hydrogens is 521 g/mol. The number of H-pyrrole nitrogens is 1. The number of piperazine rings is 1. The van der Waals surface area contributed by atoms with Gasteiger partial charge in [-0.05, 0) is 39.6 Å². The molecule has 1 fully saturated rings. The highest BCUT2D eigenvalue weighted by Gasteiger charge is 2.47. The average molecular weight is 550 g/mol. The van der Waals surface area contributed by atoms with E-state index < -0.39 is 11.9 Å². The van der Waals surface area contributed by atoms with Crippen LogP contribution in [0.3, 0.4) is 0 Å². The molecule has 1 amide bonds. The number of likely N-dealkylation sites (N-methyl/N-ethyl adjacent to an activating group) is 1. The van der Waals surface area contributed by atoms with E-state index >= 15 is 4.39 Å². The van der Waals surface area contributed by atoms with Crippen molar-refractivity contribution in [1.29, 1.82) is 0 Å². The average Bonchev–Trinajstić information content (AvgIpc) is 3.36. The number of anilines is 2. The third kappa shape index (κ3) is 3.62. The molecule has 2 aromatic heterocycles. The molecule has 3 aliphatic rings. The molecule has 202 valence electrons. The van der Waals surface area contributed by atoms with Crippen LogP contribution in [0, 0.1) is 12.7 Å². The van der Waals surface area contributed by atoms with E-state index in [1.165, 1.54) is 0 Å². The van der Waals surface area contributed by atoms with Gasteiger partial charge < -0.3 is 24.8 Å². The first kappa shape index (κ1) is 24.6. The van der Waals surface area contributed by atoms with Gasteiger partial charge in [-0.15, -0.1) is 0 Å². The first-order valence-corrected chi connectivity index (χ1v) is 13.5. The molecule has 0 bridgehead atoms. The molecule has 39 heavy (non-hydrogen) atoms. The quantitative estimate of drug-likeness (QED) is 0.403. The number of amides is 1. The second kappa shape index (κ2) is 8.77. The maximum Gasteiger partial charge on any atom is 0.251 e. The van der Waals surface area contributed by atoms with Crippen LogP contribution in [0.25, 0.3) is 32.9 Å². The lowest BCUT2D eigenvalue weighted by Gasteiger charge is -2.49. The van der Waals surface area contributed by atoms with Crippen LogP contribution in [0.5, 0.6) is 5.88 Å². The number of halogens is 2. The second-order valence-electron chi connectivity index (χ2n) is 11.1. The Morgan fingerprint density at radius 2 is 2.05 bits per heavy atom. The lowest BCUT2D eigenvalue weighted by Crippen LogP contribution is -2.66. The van der Waals surface area contributed by atoms with Crippen molar-refractivity contribution in [1.82, 2.24) is 25.4 Å². The van der Waals surface area contributed by atoms with Crippen molar-refractivity contribution >= 4 is 50.7 Å². The van der Waals surface area contributed by atoms with Crippen molar-refractivity contribution in [2.75, 3.05) is 50.1 Å². The molecule has 3 atom stereocenters. The Balaban J connectivity index is 1.53. The molecule has 0 saturated carbocycles. The van der Waals surface area contributed by atoms with E-state index in [4.69, 9.17) is 21.3 Å². The van der Waals surface area contributed by atoms with Gasteiger partial charge >= 0.3 is 0 Å². The number of nitrogens with zero attached hydrogens (tertiary/aromatic N) is 5. The van der Waals surface area contributed by atoms with Gasteiger partial charge in [-0.2, -0.15) is 5.10 Å². The zero-order valence-corrected chi connectivity index (χ0v) is 22.9. The monoisotopic (exact) mass is 549 g/mol. The Morgan fingerprint density at radius 1 is 1.23 bits per heavy atom. The molecule has 4 aromatic rings. The molecule has 0 spiro atoms. The van der Waals surface area contributed by atoms with Gasteiger partial charge in [0.1, 0.15) is 23.3 Å². The standard InChI is InChI=1S/C28H29ClFN7O2/c1-13-5-6-15-8-32-34-23(15)20(13)21-18(29)7-17-24(22(21)30)33-27-26-25(17)36-10-14(2)31-9-19(36)28(38)37(26)12-16(39-27)11-35(3)4/h5-8,14,16,19,31H,9-12H2,1-4H3,(H,32,34)/t14-,16-,19-/m1/s1. The van der Waals surface area contributed by atoms with Crippen molar-refractivity contribution in [3.05, 3.63) is 40.8 Å². The predicted molar refractivity (Wildman–Crippen MR) is 150 cm³/mol. The SMILES string of the molecule is Cc1ccc2cn[nH]c2c1-c1c(Cl)cc2c3c4c(nc2c1F)O[C@H](CN(C)C)CN4C(=O)[C@H]1CN[C@H](C)CN31. The molecule has 2 aromatic carbocycles. The number of rotatable bonds is 3. The fourth-order valence-corrected chi connectivity index (χ4v) is 6.60. The molecule has 11 heteroatoms. The number of hydrogen-bond acceptors (Lipinski definition) is 7. The van der Waals surface area contributed by atoms with E-state index in [2.05, 4.69) is 27.3 Å². The van der Waals surface area contributed by atoms with Crippen LogP contribution in [0.1, 0.15) is 12.5 Å². The highest BCUT2D eigenvalue weighted by atomic mass is 35.5. The minimum absolute atomic E-state index is 0.00101. The van der Waals surface area contributed by atoms with Gasteiger partial charge in [0, 0.05) is 47.6 Å². The number of carbonyl (C=O) groups excluding carboxylic acids is 1. The third-order valence-corrected chi connectivity index (χ3v) is 8.31. The summed E-state index contributed by atoms with van der Waals surface area (Å²) in [7, 11) is 3.91. The molecule has 3 aliphatic heterocycles. The van der Waals surface area contributed by atoms with Gasteiger partial charge in [0.25, 0.3) is 5.91 Å². The number of hydrogen-bond donors (Lipinski definition) is 2. The number of aryl methyl sites for hydroxylation is 1. The molecular formula is C28H29ClFN7O2. The van der Waals surface area contributed by atoms with Gasteiger partial charge in [0.15, 0.2) is 5.82 Å². The number of benzene rings is 2. The number of aromatic amines is 1. The number of pyridine rings is 1. The molecule has 0 aliphatic carbocycles. The van der Waals surface area contributed by atoms with Crippen LogP contribution in [-0.4, -0.2) is 84.5 Å². The van der Waals surface area contributed by atoms with E-state index in [0.29, 0.717) is 48.3 Å². The minimum Gasteiger partial charge on any atom is -0.470 e. The molecule has 9 nitrogen and oxygen atoms in total. The van der Waals surface area contributed by atoms with Crippen LogP contribution < -0.4 is 19.9 Å². The first-order chi connectivity index (χ1) is 18.7. The Kier molecular flexibility index (Phi) is 5.52. The molecule has 0 radical (unpaired) electrons. The van der Waals surface area contributed by atoms with Gasteiger partial charge in [0.05, 0.1) is 29.0 Å².